The van der Waals surface area contributed by atoms with Crippen molar-refractivity contribution in [2.24, 2.45) is 5.92 Å². The molecule has 0 aromatic heterocycles. The summed E-state index contributed by atoms with van der Waals surface area (Å²) in [6.45, 7) is 2.32. The van der Waals surface area contributed by atoms with Gasteiger partial charge >= 0.3 is 0 Å². The van der Waals surface area contributed by atoms with Crippen LogP contribution in [-0.2, 0) is 6.42 Å². The van der Waals surface area contributed by atoms with E-state index in [9.17, 15) is 0 Å². The minimum Gasteiger partial charge on any atom is -0.385 e. The smallest absolute Gasteiger partial charge is 0.0372 e. The normalized spacial score (nSPS) is 19.8. The Morgan fingerprint density at radius 3 is 2.93 bits per heavy atom. The zero-order valence-corrected chi connectivity index (χ0v) is 9.66. The molecular formula is C13H20N2. The van der Waals surface area contributed by atoms with Crippen LogP contribution in [0.3, 0.4) is 0 Å². The maximum atomic E-state index is 3.52. The topological polar surface area (TPSA) is 15.3 Å². The predicted octanol–water partition coefficient (Wildman–Crippen LogP) is 2.22. The summed E-state index contributed by atoms with van der Waals surface area (Å²) in [5.74, 6) is 0.794. The lowest BCUT2D eigenvalue weighted by atomic mass is 9.91. The van der Waals surface area contributed by atoms with Crippen LogP contribution in [0.1, 0.15) is 12.0 Å². The Kier molecular flexibility index (Phi) is 3.27. The number of anilines is 1. The Labute approximate surface area is 92.3 Å². The fourth-order valence-electron chi connectivity index (χ4n) is 2.15. The van der Waals surface area contributed by atoms with Gasteiger partial charge < -0.3 is 10.2 Å². The second-order valence-corrected chi connectivity index (χ2v) is 4.70. The molecule has 0 aliphatic carbocycles. The number of benzene rings is 1. The standard InChI is InChI=1S/C13H20N2/c1-15(2)8-7-11-9-12-5-3-4-6-13(12)14-10-11/h3-6,11,14H,7-10H2,1-2H3. The number of fused-ring (bicyclic) bond motifs is 1. The van der Waals surface area contributed by atoms with Crippen molar-refractivity contribution in [3.05, 3.63) is 29.8 Å². The molecule has 15 heavy (non-hydrogen) atoms. The fourth-order valence-corrected chi connectivity index (χ4v) is 2.15. The third-order valence-electron chi connectivity index (χ3n) is 3.09. The molecule has 0 fully saturated rings. The van der Waals surface area contributed by atoms with Gasteiger partial charge in [0.25, 0.3) is 0 Å². The van der Waals surface area contributed by atoms with Crippen LogP contribution in [0.15, 0.2) is 24.3 Å². The first-order chi connectivity index (χ1) is 7.25. The lowest BCUT2D eigenvalue weighted by Crippen LogP contribution is -2.26. The molecule has 1 aliphatic rings. The van der Waals surface area contributed by atoms with E-state index in [1.807, 2.05) is 0 Å². The van der Waals surface area contributed by atoms with Gasteiger partial charge in [0.1, 0.15) is 0 Å². The van der Waals surface area contributed by atoms with E-state index in [0.717, 1.165) is 12.5 Å². The van der Waals surface area contributed by atoms with Gasteiger partial charge in [-0.15, -0.1) is 0 Å². The van der Waals surface area contributed by atoms with Crippen molar-refractivity contribution in [3.63, 3.8) is 0 Å². The van der Waals surface area contributed by atoms with Crippen molar-refractivity contribution in [2.75, 3.05) is 32.5 Å². The molecule has 2 rings (SSSR count). The summed E-state index contributed by atoms with van der Waals surface area (Å²) in [7, 11) is 4.29. The van der Waals surface area contributed by atoms with E-state index in [0.29, 0.717) is 0 Å². The zero-order valence-electron chi connectivity index (χ0n) is 9.66. The molecule has 0 saturated carbocycles. The molecule has 2 nitrogen and oxygen atoms in total. The molecule has 1 aromatic rings. The summed E-state index contributed by atoms with van der Waals surface area (Å²) in [5.41, 5.74) is 2.81. The zero-order chi connectivity index (χ0) is 10.7. The van der Waals surface area contributed by atoms with E-state index in [1.54, 1.807) is 0 Å². The van der Waals surface area contributed by atoms with Gasteiger partial charge in [-0.3, -0.25) is 0 Å². The first-order valence-electron chi connectivity index (χ1n) is 5.72. The Bertz CT molecular complexity index is 320. The van der Waals surface area contributed by atoms with Crippen LogP contribution in [-0.4, -0.2) is 32.1 Å². The number of hydrogen-bond donors (Lipinski definition) is 1. The van der Waals surface area contributed by atoms with Gasteiger partial charge in [0.2, 0.25) is 0 Å². The van der Waals surface area contributed by atoms with E-state index in [1.165, 1.54) is 30.6 Å². The quantitative estimate of drug-likeness (QED) is 0.812. The highest BCUT2D eigenvalue weighted by molar-refractivity contribution is 5.53. The van der Waals surface area contributed by atoms with E-state index < -0.39 is 0 Å². The Balaban J connectivity index is 1.94. The minimum absolute atomic E-state index is 0.794. The first-order valence-corrected chi connectivity index (χ1v) is 5.72. The molecule has 0 spiro atoms. The lowest BCUT2D eigenvalue weighted by Gasteiger charge is -2.27. The molecule has 1 heterocycles. The molecule has 1 aliphatic heterocycles. The number of nitrogens with zero attached hydrogens (tertiary/aromatic N) is 1. The summed E-state index contributed by atoms with van der Waals surface area (Å²) in [5, 5.41) is 3.52. The Morgan fingerprint density at radius 2 is 2.13 bits per heavy atom. The lowest BCUT2D eigenvalue weighted by molar-refractivity contribution is 0.352. The van der Waals surface area contributed by atoms with Gasteiger partial charge in [0.15, 0.2) is 0 Å². The average Bonchev–Trinajstić information content (AvgIpc) is 2.26. The van der Waals surface area contributed by atoms with Crippen molar-refractivity contribution >= 4 is 5.69 Å². The molecule has 82 valence electrons. The predicted molar refractivity (Wildman–Crippen MR) is 65.3 cm³/mol. The molecule has 1 unspecified atom stereocenters. The number of para-hydroxylation sites is 1. The van der Waals surface area contributed by atoms with Gasteiger partial charge in [0.05, 0.1) is 0 Å². The van der Waals surface area contributed by atoms with Crippen molar-refractivity contribution < 1.29 is 0 Å². The second-order valence-electron chi connectivity index (χ2n) is 4.70. The van der Waals surface area contributed by atoms with E-state index in [2.05, 4.69) is 48.6 Å². The maximum Gasteiger partial charge on any atom is 0.0372 e. The number of nitrogens with one attached hydrogen (secondary N) is 1. The summed E-state index contributed by atoms with van der Waals surface area (Å²) >= 11 is 0. The summed E-state index contributed by atoms with van der Waals surface area (Å²) in [4.78, 5) is 2.26. The SMILES string of the molecule is CN(C)CCC1CNc2ccccc2C1. The van der Waals surface area contributed by atoms with Gasteiger partial charge in [-0.25, -0.2) is 0 Å². The molecular weight excluding hydrogens is 184 g/mol. The third-order valence-corrected chi connectivity index (χ3v) is 3.09. The van der Waals surface area contributed by atoms with Gasteiger partial charge in [0, 0.05) is 12.2 Å². The van der Waals surface area contributed by atoms with Crippen molar-refractivity contribution in [1.29, 1.82) is 0 Å². The number of hydrogen-bond acceptors (Lipinski definition) is 2. The Hall–Kier alpha value is -1.02. The van der Waals surface area contributed by atoms with Crippen molar-refractivity contribution in [1.82, 2.24) is 4.90 Å². The van der Waals surface area contributed by atoms with Crippen LogP contribution in [0.5, 0.6) is 0 Å². The summed E-state index contributed by atoms with van der Waals surface area (Å²) in [6, 6.07) is 8.66. The summed E-state index contributed by atoms with van der Waals surface area (Å²) < 4.78 is 0. The number of rotatable bonds is 3. The monoisotopic (exact) mass is 204 g/mol. The van der Waals surface area contributed by atoms with Crippen molar-refractivity contribution in [3.8, 4) is 0 Å². The molecule has 1 atom stereocenters. The average molecular weight is 204 g/mol. The van der Waals surface area contributed by atoms with Crippen LogP contribution in [0.25, 0.3) is 0 Å². The van der Waals surface area contributed by atoms with E-state index in [4.69, 9.17) is 0 Å². The minimum atomic E-state index is 0.794. The van der Waals surface area contributed by atoms with Gasteiger partial charge in [-0.2, -0.15) is 0 Å². The highest BCUT2D eigenvalue weighted by Gasteiger charge is 2.17. The molecule has 0 radical (unpaired) electrons. The molecule has 0 amide bonds. The largest absolute Gasteiger partial charge is 0.385 e. The second kappa shape index (κ2) is 4.67. The molecule has 1 aromatic carbocycles. The third kappa shape index (κ3) is 2.72. The molecule has 2 heteroatoms. The Morgan fingerprint density at radius 1 is 1.33 bits per heavy atom. The van der Waals surface area contributed by atoms with Crippen LogP contribution >= 0.6 is 0 Å². The first kappa shape index (κ1) is 10.5. The van der Waals surface area contributed by atoms with Crippen LogP contribution in [0.2, 0.25) is 0 Å². The highest BCUT2D eigenvalue weighted by atomic mass is 15.0. The molecule has 1 N–H and O–H groups in total. The van der Waals surface area contributed by atoms with Crippen LogP contribution in [0, 0.1) is 5.92 Å². The van der Waals surface area contributed by atoms with Gasteiger partial charge in [-0.1, -0.05) is 18.2 Å². The van der Waals surface area contributed by atoms with Crippen molar-refractivity contribution in [2.45, 2.75) is 12.8 Å². The van der Waals surface area contributed by atoms with E-state index in [-0.39, 0.29) is 0 Å². The molecule has 0 bridgehead atoms. The highest BCUT2D eigenvalue weighted by Crippen LogP contribution is 2.25. The maximum absolute atomic E-state index is 3.52. The van der Waals surface area contributed by atoms with Gasteiger partial charge in [-0.05, 0) is 51.0 Å². The van der Waals surface area contributed by atoms with E-state index >= 15 is 0 Å². The van der Waals surface area contributed by atoms with Crippen LogP contribution < -0.4 is 5.32 Å². The molecule has 0 saturated heterocycles. The fraction of sp³-hybridized carbons (Fsp3) is 0.538. The van der Waals surface area contributed by atoms with Crippen LogP contribution in [0.4, 0.5) is 5.69 Å². The summed E-state index contributed by atoms with van der Waals surface area (Å²) in [6.07, 6.45) is 2.52.